The molecule has 5 aliphatic rings. The molecule has 16 nitrogen and oxygen atoms in total. The molecule has 278 valence electrons. The number of nitrogens with zero attached hydrogens (tertiary/aromatic N) is 5. The fourth-order valence-corrected chi connectivity index (χ4v) is 9.52. The topological polar surface area (TPSA) is 185 Å². The lowest BCUT2D eigenvalue weighted by atomic mass is 9.53. The molecule has 1 aromatic carbocycles. The number of para-hydroxylation sites is 1. The third-order valence-electron chi connectivity index (χ3n) is 11.4. The Hall–Kier alpha value is -5.35. The first-order valence-corrected chi connectivity index (χ1v) is 17.7. The van der Waals surface area contributed by atoms with Gasteiger partial charge in [0.1, 0.15) is 19.0 Å². The van der Waals surface area contributed by atoms with Crippen LogP contribution in [0.3, 0.4) is 0 Å². The average Bonchev–Trinajstić information content (AvgIpc) is 3.91. The van der Waals surface area contributed by atoms with Crippen LogP contribution in [0.5, 0.6) is 0 Å². The van der Waals surface area contributed by atoms with Gasteiger partial charge in [-0.3, -0.25) is 23.9 Å². The first kappa shape index (κ1) is 34.7. The van der Waals surface area contributed by atoms with Gasteiger partial charge in [0, 0.05) is 56.7 Å². The zero-order chi connectivity index (χ0) is 37.2. The SMILES string of the molecule is CC[C@@]12C=CCN3CC[C@@]4(C(=C(C(=O)OC)C1Nc1ncnc5c1ncn5[C@H]1O[C@@H](COC(C)=O)[C@H](OC(C)=O)[C@@H]1OC(C)=O)Nc1ccccc14)[C@H]32. The normalized spacial score (nSPS) is 31.0. The molecule has 0 saturated carbocycles. The summed E-state index contributed by atoms with van der Waals surface area (Å²) in [6.45, 7) is 7.24. The number of carbonyl (C=O) groups excluding carboxylic acids is 4. The van der Waals surface area contributed by atoms with Crippen molar-refractivity contribution in [3.05, 3.63) is 65.9 Å². The first-order valence-electron chi connectivity index (χ1n) is 17.7. The number of ether oxygens (including phenoxy) is 5. The molecule has 3 aromatic rings. The van der Waals surface area contributed by atoms with Crippen molar-refractivity contribution in [2.45, 2.75) is 82.6 Å². The highest BCUT2D eigenvalue weighted by Gasteiger charge is 2.68. The minimum atomic E-state index is -1.14. The van der Waals surface area contributed by atoms with Gasteiger partial charge >= 0.3 is 23.9 Å². The second-order valence-corrected chi connectivity index (χ2v) is 14.1. The number of hydrogen-bond acceptors (Lipinski definition) is 15. The summed E-state index contributed by atoms with van der Waals surface area (Å²) in [5.74, 6) is -1.93. The van der Waals surface area contributed by atoms with Crippen LogP contribution >= 0.6 is 0 Å². The Bertz CT molecular complexity index is 2080. The van der Waals surface area contributed by atoms with Crippen LogP contribution in [-0.2, 0) is 48.3 Å². The van der Waals surface area contributed by atoms with Crippen LogP contribution < -0.4 is 10.6 Å². The molecule has 0 bridgehead atoms. The van der Waals surface area contributed by atoms with Gasteiger partial charge in [0.05, 0.1) is 30.5 Å². The number of rotatable bonds is 9. The molecular weight excluding hydrogens is 686 g/mol. The van der Waals surface area contributed by atoms with E-state index in [9.17, 15) is 19.2 Å². The summed E-state index contributed by atoms with van der Waals surface area (Å²) in [6, 6.07) is 7.68. The molecule has 1 spiro atoms. The summed E-state index contributed by atoms with van der Waals surface area (Å²) < 4.78 is 29.8. The smallest absolute Gasteiger partial charge is 0.337 e. The second-order valence-electron chi connectivity index (χ2n) is 14.1. The van der Waals surface area contributed by atoms with Gasteiger partial charge in [-0.2, -0.15) is 0 Å². The molecule has 1 unspecified atom stereocenters. The highest BCUT2D eigenvalue weighted by Crippen LogP contribution is 2.64. The van der Waals surface area contributed by atoms with E-state index in [4.69, 9.17) is 28.7 Å². The number of carbonyl (C=O) groups is 4. The van der Waals surface area contributed by atoms with Gasteiger partial charge in [-0.1, -0.05) is 37.3 Å². The van der Waals surface area contributed by atoms with E-state index in [-0.39, 0.29) is 12.6 Å². The van der Waals surface area contributed by atoms with Crippen molar-refractivity contribution in [3.8, 4) is 0 Å². The van der Waals surface area contributed by atoms with E-state index in [0.717, 1.165) is 30.9 Å². The van der Waals surface area contributed by atoms with E-state index in [1.807, 2.05) is 6.07 Å². The van der Waals surface area contributed by atoms with Crippen LogP contribution in [0.4, 0.5) is 11.5 Å². The van der Waals surface area contributed by atoms with Gasteiger partial charge in [-0.05, 0) is 24.5 Å². The summed E-state index contributed by atoms with van der Waals surface area (Å²) in [4.78, 5) is 66.7. The lowest BCUT2D eigenvalue weighted by Crippen LogP contribution is -2.65. The number of benzene rings is 1. The minimum Gasteiger partial charge on any atom is -0.466 e. The number of fused-ring (bicyclic) bond motifs is 2. The van der Waals surface area contributed by atoms with Crippen molar-refractivity contribution < 1.29 is 42.9 Å². The Labute approximate surface area is 304 Å². The van der Waals surface area contributed by atoms with Crippen molar-refractivity contribution in [3.63, 3.8) is 0 Å². The van der Waals surface area contributed by atoms with Crippen molar-refractivity contribution in [1.82, 2.24) is 24.4 Å². The molecule has 53 heavy (non-hydrogen) atoms. The van der Waals surface area contributed by atoms with Crippen molar-refractivity contribution in [2.75, 3.05) is 37.4 Å². The van der Waals surface area contributed by atoms with Gasteiger partial charge in [-0.25, -0.2) is 19.7 Å². The Kier molecular flexibility index (Phi) is 8.48. The van der Waals surface area contributed by atoms with Crippen LogP contribution in [0.1, 0.15) is 52.3 Å². The zero-order valence-electron chi connectivity index (χ0n) is 30.0. The second kappa shape index (κ2) is 12.9. The largest absolute Gasteiger partial charge is 0.466 e. The maximum Gasteiger partial charge on any atom is 0.337 e. The monoisotopic (exact) mass is 727 g/mol. The summed E-state index contributed by atoms with van der Waals surface area (Å²) in [6.07, 6.45) is 4.54. The number of nitrogens with one attached hydrogen (secondary N) is 2. The van der Waals surface area contributed by atoms with E-state index >= 15 is 0 Å². The zero-order valence-corrected chi connectivity index (χ0v) is 30.0. The van der Waals surface area contributed by atoms with Crippen molar-refractivity contribution >= 4 is 46.5 Å². The van der Waals surface area contributed by atoms with Crippen molar-refractivity contribution in [2.24, 2.45) is 5.41 Å². The Morgan fingerprint density at radius 2 is 1.81 bits per heavy atom. The first-order chi connectivity index (χ1) is 25.5. The molecule has 2 fully saturated rings. The molecule has 8 rings (SSSR count). The molecule has 2 saturated heterocycles. The van der Waals surface area contributed by atoms with Gasteiger partial charge in [0.2, 0.25) is 0 Å². The van der Waals surface area contributed by atoms with E-state index in [2.05, 4.69) is 62.8 Å². The van der Waals surface area contributed by atoms with E-state index in [1.54, 1.807) is 4.57 Å². The van der Waals surface area contributed by atoms with E-state index < -0.39 is 65.3 Å². The number of anilines is 2. The third-order valence-corrected chi connectivity index (χ3v) is 11.4. The fraction of sp³-hybridized carbons (Fsp3) is 0.486. The molecule has 8 atom stereocenters. The van der Waals surface area contributed by atoms with E-state index in [1.165, 1.54) is 46.1 Å². The molecule has 4 aliphatic heterocycles. The quantitative estimate of drug-likeness (QED) is 0.186. The van der Waals surface area contributed by atoms with Crippen LogP contribution in [0.15, 0.2) is 60.3 Å². The molecule has 1 aliphatic carbocycles. The number of aromatic nitrogens is 4. The summed E-state index contributed by atoms with van der Waals surface area (Å²) in [7, 11) is 1.40. The maximum absolute atomic E-state index is 14.1. The molecule has 0 radical (unpaired) electrons. The van der Waals surface area contributed by atoms with E-state index in [0.29, 0.717) is 29.0 Å². The molecule has 2 N–H and O–H groups in total. The number of esters is 4. The predicted molar refractivity (Wildman–Crippen MR) is 187 cm³/mol. The molecule has 0 amide bonds. The average molecular weight is 728 g/mol. The summed E-state index contributed by atoms with van der Waals surface area (Å²) in [5.41, 5.74) is 3.13. The number of imidazole rings is 1. The molecule has 16 heteroatoms. The Morgan fingerprint density at radius 1 is 1.04 bits per heavy atom. The van der Waals surface area contributed by atoms with Crippen molar-refractivity contribution in [1.29, 1.82) is 0 Å². The lowest BCUT2D eigenvalue weighted by Gasteiger charge is -2.57. The Morgan fingerprint density at radius 3 is 2.55 bits per heavy atom. The fourth-order valence-electron chi connectivity index (χ4n) is 9.52. The minimum absolute atomic E-state index is 0.0145. The predicted octanol–water partition coefficient (Wildman–Crippen LogP) is 2.78. The third kappa shape index (κ3) is 5.21. The van der Waals surface area contributed by atoms with Crippen LogP contribution in [0.2, 0.25) is 0 Å². The van der Waals surface area contributed by atoms with Gasteiger partial charge in [0.15, 0.2) is 35.4 Å². The summed E-state index contributed by atoms with van der Waals surface area (Å²) in [5, 5.41) is 7.31. The number of methoxy groups -OCH3 is 1. The number of hydrogen-bond donors (Lipinski definition) is 2. The molecule has 6 heterocycles. The van der Waals surface area contributed by atoms with Crippen LogP contribution in [0, 0.1) is 5.41 Å². The van der Waals surface area contributed by atoms with Crippen LogP contribution in [-0.4, -0.2) is 105 Å². The highest BCUT2D eigenvalue weighted by molar-refractivity contribution is 5.96. The maximum atomic E-state index is 14.1. The van der Waals surface area contributed by atoms with Crippen LogP contribution in [0.25, 0.3) is 11.2 Å². The van der Waals surface area contributed by atoms with Gasteiger partial charge in [0.25, 0.3) is 0 Å². The standard InChI is InChI=1S/C37H41N7O9/c1-6-36-12-9-14-43-15-13-37(35(36)43)22-10-7-8-11-23(22)41-30(37)25(34(48)49-5)29(36)42-31-26-32(39-17-38-31)44(18-40-26)33-28(52-21(4)47)27(51-20(3)46)24(53-33)16-50-19(2)45/h7-12,17-18,24,27-29,33,35,41H,6,13-16H2,1-5H3,(H,38,39,42)/t24-,27-,28-,29?,33-,35+,36+,37+/m0/s1. The van der Waals surface area contributed by atoms with Gasteiger partial charge < -0.3 is 34.3 Å². The molecular formula is C37H41N7O9. The lowest BCUT2D eigenvalue weighted by molar-refractivity contribution is -0.166. The molecule has 2 aromatic heterocycles. The highest BCUT2D eigenvalue weighted by atomic mass is 16.7. The van der Waals surface area contributed by atoms with Gasteiger partial charge in [-0.15, -0.1) is 0 Å². The summed E-state index contributed by atoms with van der Waals surface area (Å²) >= 11 is 0. The Balaban J connectivity index is 1.24.